The third-order valence-electron chi connectivity index (χ3n) is 3.17. The fourth-order valence-corrected chi connectivity index (χ4v) is 3.71. The third-order valence-corrected chi connectivity index (χ3v) is 5.51. The van der Waals surface area contributed by atoms with Crippen molar-refractivity contribution in [3.8, 4) is 11.5 Å². The van der Waals surface area contributed by atoms with Crippen LogP contribution in [0.3, 0.4) is 0 Å². The van der Waals surface area contributed by atoms with Crippen LogP contribution in [-0.2, 0) is 14.8 Å². The first kappa shape index (κ1) is 19.2. The number of hydrogen-bond acceptors (Lipinski definition) is 7. The number of carbonyl (C=O) groups is 1. The standard InChI is InChI=1S/C15H19N3O5S2/c1-10-9-24-15(17-10)18-14(19)6-7-16-25(20,21)11-4-5-12(22-2)13(8-11)23-3/h4-5,8-9,16H,6-7H2,1-3H3,(H,17,18,19). The number of anilines is 1. The Bertz CT molecular complexity index is 849. The molecule has 136 valence electrons. The number of carbonyl (C=O) groups excluding carboxylic acids is 1. The Labute approximate surface area is 150 Å². The lowest BCUT2D eigenvalue weighted by atomic mass is 10.3. The molecule has 0 aliphatic heterocycles. The number of aryl methyl sites for hydroxylation is 1. The summed E-state index contributed by atoms with van der Waals surface area (Å²) in [6.07, 6.45) is -0.00878. The van der Waals surface area contributed by atoms with Gasteiger partial charge in [-0.15, -0.1) is 11.3 Å². The van der Waals surface area contributed by atoms with Crippen molar-refractivity contribution in [2.75, 3.05) is 26.1 Å². The molecule has 2 rings (SSSR count). The smallest absolute Gasteiger partial charge is 0.240 e. The molecule has 1 aromatic carbocycles. The molecule has 0 radical (unpaired) electrons. The second-order valence-corrected chi connectivity index (χ2v) is 7.63. The number of thiazole rings is 1. The van der Waals surface area contributed by atoms with Gasteiger partial charge in [0.15, 0.2) is 16.6 Å². The van der Waals surface area contributed by atoms with Gasteiger partial charge in [0.2, 0.25) is 15.9 Å². The summed E-state index contributed by atoms with van der Waals surface area (Å²) in [4.78, 5) is 16.0. The van der Waals surface area contributed by atoms with E-state index >= 15 is 0 Å². The highest BCUT2D eigenvalue weighted by atomic mass is 32.2. The van der Waals surface area contributed by atoms with E-state index in [1.807, 2.05) is 12.3 Å². The van der Waals surface area contributed by atoms with Crippen LogP contribution in [0.15, 0.2) is 28.5 Å². The van der Waals surface area contributed by atoms with Crippen LogP contribution in [0, 0.1) is 6.92 Å². The molecule has 0 bridgehead atoms. The quantitative estimate of drug-likeness (QED) is 0.717. The van der Waals surface area contributed by atoms with Crippen molar-refractivity contribution in [3.63, 3.8) is 0 Å². The molecule has 1 heterocycles. The van der Waals surface area contributed by atoms with Gasteiger partial charge in [-0.2, -0.15) is 0 Å². The van der Waals surface area contributed by atoms with Gasteiger partial charge in [0.1, 0.15) is 0 Å². The number of benzene rings is 1. The highest BCUT2D eigenvalue weighted by Gasteiger charge is 2.17. The second-order valence-electron chi connectivity index (χ2n) is 5.01. The number of methoxy groups -OCH3 is 2. The number of hydrogen-bond donors (Lipinski definition) is 2. The molecule has 8 nitrogen and oxygen atoms in total. The Hall–Kier alpha value is -2.17. The van der Waals surface area contributed by atoms with Crippen LogP contribution in [0.25, 0.3) is 0 Å². The molecule has 2 N–H and O–H groups in total. The van der Waals surface area contributed by atoms with Crippen molar-refractivity contribution in [1.82, 2.24) is 9.71 Å². The second kappa shape index (κ2) is 8.28. The van der Waals surface area contributed by atoms with Crippen molar-refractivity contribution >= 4 is 32.4 Å². The van der Waals surface area contributed by atoms with Crippen LogP contribution in [0.4, 0.5) is 5.13 Å². The average Bonchev–Trinajstić information content (AvgIpc) is 2.98. The molecule has 0 aliphatic carbocycles. The van der Waals surface area contributed by atoms with Gasteiger partial charge in [-0.3, -0.25) is 4.79 Å². The zero-order chi connectivity index (χ0) is 18.4. The minimum atomic E-state index is -3.76. The lowest BCUT2D eigenvalue weighted by Gasteiger charge is -2.11. The highest BCUT2D eigenvalue weighted by Crippen LogP contribution is 2.29. The molecule has 10 heteroatoms. The van der Waals surface area contributed by atoms with E-state index in [1.54, 1.807) is 0 Å². The van der Waals surface area contributed by atoms with Crippen LogP contribution in [-0.4, -0.2) is 40.1 Å². The fourth-order valence-electron chi connectivity index (χ4n) is 1.96. The van der Waals surface area contributed by atoms with Crippen molar-refractivity contribution in [2.45, 2.75) is 18.2 Å². The van der Waals surface area contributed by atoms with E-state index < -0.39 is 10.0 Å². The predicted molar refractivity (Wildman–Crippen MR) is 94.8 cm³/mol. The normalized spacial score (nSPS) is 11.2. The minimum absolute atomic E-state index is 0.00878. The SMILES string of the molecule is COc1ccc(S(=O)(=O)NCCC(=O)Nc2nc(C)cs2)cc1OC. The number of aromatic nitrogens is 1. The van der Waals surface area contributed by atoms with E-state index in [2.05, 4.69) is 15.0 Å². The van der Waals surface area contributed by atoms with E-state index in [0.717, 1.165) is 5.69 Å². The first-order chi connectivity index (χ1) is 11.9. The van der Waals surface area contributed by atoms with Gasteiger partial charge in [0.25, 0.3) is 0 Å². The van der Waals surface area contributed by atoms with Crippen molar-refractivity contribution in [1.29, 1.82) is 0 Å². The zero-order valence-electron chi connectivity index (χ0n) is 14.0. The largest absolute Gasteiger partial charge is 0.493 e. The Morgan fingerprint density at radius 1 is 1.24 bits per heavy atom. The molecule has 0 fully saturated rings. The van der Waals surface area contributed by atoms with Crippen LogP contribution >= 0.6 is 11.3 Å². The van der Waals surface area contributed by atoms with E-state index in [-0.39, 0.29) is 23.8 Å². The van der Waals surface area contributed by atoms with Gasteiger partial charge < -0.3 is 14.8 Å². The predicted octanol–water partition coefficient (Wildman–Crippen LogP) is 1.78. The van der Waals surface area contributed by atoms with E-state index in [4.69, 9.17) is 9.47 Å². The monoisotopic (exact) mass is 385 g/mol. The summed E-state index contributed by atoms with van der Waals surface area (Å²) in [5.74, 6) is 0.422. The van der Waals surface area contributed by atoms with Crippen LogP contribution in [0.2, 0.25) is 0 Å². The summed E-state index contributed by atoms with van der Waals surface area (Å²) in [6.45, 7) is 1.79. The van der Waals surface area contributed by atoms with Gasteiger partial charge in [-0.25, -0.2) is 18.1 Å². The molecule has 0 spiro atoms. The van der Waals surface area contributed by atoms with Crippen LogP contribution in [0.5, 0.6) is 11.5 Å². The minimum Gasteiger partial charge on any atom is -0.493 e. The topological polar surface area (TPSA) is 107 Å². The van der Waals surface area contributed by atoms with E-state index in [0.29, 0.717) is 16.6 Å². The maximum absolute atomic E-state index is 12.3. The third kappa shape index (κ3) is 5.15. The first-order valence-corrected chi connectivity index (χ1v) is 9.65. The number of amides is 1. The van der Waals surface area contributed by atoms with Crippen LogP contribution < -0.4 is 19.5 Å². The van der Waals surface area contributed by atoms with Crippen molar-refractivity contribution < 1.29 is 22.7 Å². The number of nitrogens with zero attached hydrogens (tertiary/aromatic N) is 1. The maximum atomic E-state index is 12.3. The fraction of sp³-hybridized carbons (Fsp3) is 0.333. The van der Waals surface area contributed by atoms with Crippen molar-refractivity contribution in [3.05, 3.63) is 29.3 Å². The van der Waals surface area contributed by atoms with E-state index in [1.165, 1.54) is 43.8 Å². The molecule has 0 unspecified atom stereocenters. The number of sulfonamides is 1. The molecular formula is C15H19N3O5S2. The Kier molecular flexibility index (Phi) is 6.34. The molecule has 25 heavy (non-hydrogen) atoms. The molecular weight excluding hydrogens is 366 g/mol. The molecule has 1 amide bonds. The summed E-state index contributed by atoms with van der Waals surface area (Å²) >= 11 is 1.31. The number of rotatable bonds is 8. The molecule has 0 atom stereocenters. The number of nitrogens with one attached hydrogen (secondary N) is 2. The Morgan fingerprint density at radius 3 is 2.56 bits per heavy atom. The van der Waals surface area contributed by atoms with Crippen LogP contribution in [0.1, 0.15) is 12.1 Å². The lowest BCUT2D eigenvalue weighted by molar-refractivity contribution is -0.116. The summed E-state index contributed by atoms with van der Waals surface area (Å²) in [5, 5.41) is 4.93. The summed E-state index contributed by atoms with van der Waals surface area (Å²) in [7, 11) is -0.873. The summed E-state index contributed by atoms with van der Waals surface area (Å²) < 4.78 is 37.1. The maximum Gasteiger partial charge on any atom is 0.240 e. The lowest BCUT2D eigenvalue weighted by Crippen LogP contribution is -2.27. The summed E-state index contributed by atoms with van der Waals surface area (Å²) in [5.41, 5.74) is 0.814. The first-order valence-electron chi connectivity index (χ1n) is 7.29. The average molecular weight is 385 g/mol. The Balaban J connectivity index is 1.94. The molecule has 0 saturated carbocycles. The van der Waals surface area contributed by atoms with Gasteiger partial charge in [-0.1, -0.05) is 0 Å². The molecule has 1 aromatic heterocycles. The molecule has 0 saturated heterocycles. The summed E-state index contributed by atoms with van der Waals surface area (Å²) in [6, 6.07) is 4.27. The van der Waals surface area contributed by atoms with E-state index in [9.17, 15) is 13.2 Å². The van der Waals surface area contributed by atoms with Crippen molar-refractivity contribution in [2.24, 2.45) is 0 Å². The Morgan fingerprint density at radius 2 is 1.96 bits per heavy atom. The van der Waals surface area contributed by atoms with Gasteiger partial charge >= 0.3 is 0 Å². The molecule has 0 aliphatic rings. The molecule has 2 aromatic rings. The number of ether oxygens (including phenoxy) is 2. The highest BCUT2D eigenvalue weighted by molar-refractivity contribution is 7.89. The van der Waals surface area contributed by atoms with Gasteiger partial charge in [0, 0.05) is 24.4 Å². The zero-order valence-corrected chi connectivity index (χ0v) is 15.7. The van der Waals surface area contributed by atoms with Gasteiger partial charge in [-0.05, 0) is 19.1 Å². The van der Waals surface area contributed by atoms with Gasteiger partial charge in [0.05, 0.1) is 24.8 Å².